The SMILES string of the molecule is [CH]1[CH][CH][CH][CH]1.[K+]. The summed E-state index contributed by atoms with van der Waals surface area (Å²) in [6.07, 6.45) is 10.0. The Bertz CT molecular complexity index is 15.5. The molecule has 1 saturated carbocycles. The van der Waals surface area contributed by atoms with Crippen molar-refractivity contribution in [2.24, 2.45) is 0 Å². The number of hydrogen-bond donors (Lipinski definition) is 0. The van der Waals surface area contributed by atoms with Crippen molar-refractivity contribution in [2.75, 3.05) is 0 Å². The summed E-state index contributed by atoms with van der Waals surface area (Å²) in [4.78, 5) is 0. The van der Waals surface area contributed by atoms with Gasteiger partial charge in [-0.1, -0.05) is 0 Å². The van der Waals surface area contributed by atoms with Gasteiger partial charge in [0.2, 0.25) is 0 Å². The fraction of sp³-hybridized carbons (Fsp3) is 0. The van der Waals surface area contributed by atoms with Crippen LogP contribution in [0.5, 0.6) is 0 Å². The minimum Gasteiger partial charge on any atom is -0.0312 e. The quantitative estimate of drug-likeness (QED) is 0.313. The van der Waals surface area contributed by atoms with Crippen LogP contribution in [0.4, 0.5) is 0 Å². The van der Waals surface area contributed by atoms with E-state index in [0.717, 1.165) is 0 Å². The van der Waals surface area contributed by atoms with Crippen LogP contribution in [-0.2, 0) is 0 Å². The van der Waals surface area contributed by atoms with E-state index in [1.165, 1.54) is 0 Å². The monoisotopic (exact) mass is 104 g/mol. The van der Waals surface area contributed by atoms with Crippen LogP contribution in [0.3, 0.4) is 0 Å². The van der Waals surface area contributed by atoms with Crippen LogP contribution >= 0.6 is 0 Å². The summed E-state index contributed by atoms with van der Waals surface area (Å²) in [6, 6.07) is 0. The van der Waals surface area contributed by atoms with Crippen molar-refractivity contribution >= 4 is 0 Å². The topological polar surface area (TPSA) is 0 Å². The molecule has 1 aliphatic rings. The van der Waals surface area contributed by atoms with Crippen LogP contribution in [0.2, 0.25) is 0 Å². The second-order valence-electron chi connectivity index (χ2n) is 0.962. The van der Waals surface area contributed by atoms with Crippen molar-refractivity contribution in [1.82, 2.24) is 0 Å². The molecule has 0 unspecified atom stereocenters. The molecular weight excluding hydrogens is 99.2 g/mol. The molecule has 0 N–H and O–H groups in total. The molecular formula is C5H5K+. The Morgan fingerprint density at radius 1 is 0.500 bits per heavy atom. The Morgan fingerprint density at radius 3 is 0.833 bits per heavy atom. The Labute approximate surface area is 82.1 Å². The first kappa shape index (κ1) is 7.64. The van der Waals surface area contributed by atoms with Gasteiger partial charge in [-0.05, 0) is 32.1 Å². The predicted octanol–water partition coefficient (Wildman–Crippen LogP) is -1.97. The standard InChI is InChI=1S/C5H5.K/c1-2-4-5-3-1;/h1-5H;/q;+1. The van der Waals surface area contributed by atoms with Crippen LogP contribution in [-0.4, -0.2) is 0 Å². The van der Waals surface area contributed by atoms with Gasteiger partial charge in [0.25, 0.3) is 0 Å². The van der Waals surface area contributed by atoms with E-state index in [1.54, 1.807) is 0 Å². The van der Waals surface area contributed by atoms with E-state index in [2.05, 4.69) is 0 Å². The van der Waals surface area contributed by atoms with Crippen molar-refractivity contribution in [2.45, 2.75) is 0 Å². The molecule has 0 nitrogen and oxygen atoms in total. The van der Waals surface area contributed by atoms with Crippen molar-refractivity contribution in [3.63, 3.8) is 0 Å². The molecule has 0 spiro atoms. The van der Waals surface area contributed by atoms with Crippen LogP contribution in [0.15, 0.2) is 0 Å². The molecule has 1 rings (SSSR count). The largest absolute Gasteiger partial charge is 1.00 e. The number of rotatable bonds is 0. The van der Waals surface area contributed by atoms with E-state index in [1.807, 2.05) is 32.1 Å². The van der Waals surface area contributed by atoms with Gasteiger partial charge in [-0.15, -0.1) is 0 Å². The Kier molecular flexibility index (Phi) is 6.09. The molecule has 0 aromatic carbocycles. The third kappa shape index (κ3) is 2.75. The maximum Gasteiger partial charge on any atom is 1.00 e. The summed E-state index contributed by atoms with van der Waals surface area (Å²) in [5, 5.41) is 0. The van der Waals surface area contributed by atoms with Crippen molar-refractivity contribution in [1.29, 1.82) is 0 Å². The zero-order valence-corrected chi connectivity index (χ0v) is 7.01. The minimum atomic E-state index is 0. The van der Waals surface area contributed by atoms with Crippen molar-refractivity contribution < 1.29 is 51.4 Å². The molecule has 0 saturated heterocycles. The van der Waals surface area contributed by atoms with E-state index >= 15 is 0 Å². The van der Waals surface area contributed by atoms with Crippen LogP contribution in [0, 0.1) is 32.1 Å². The van der Waals surface area contributed by atoms with Gasteiger partial charge in [0.15, 0.2) is 0 Å². The minimum absolute atomic E-state index is 0. The summed E-state index contributed by atoms with van der Waals surface area (Å²) in [6.45, 7) is 0. The Morgan fingerprint density at radius 2 is 0.667 bits per heavy atom. The zero-order chi connectivity index (χ0) is 3.54. The van der Waals surface area contributed by atoms with Gasteiger partial charge < -0.3 is 0 Å². The first-order chi connectivity index (χ1) is 2.50. The normalized spacial score (nSPS) is 20.0. The maximum atomic E-state index is 2.00. The van der Waals surface area contributed by atoms with E-state index in [9.17, 15) is 0 Å². The van der Waals surface area contributed by atoms with Gasteiger partial charge in [-0.2, -0.15) is 0 Å². The van der Waals surface area contributed by atoms with Crippen molar-refractivity contribution in [3.8, 4) is 0 Å². The molecule has 5 radical (unpaired) electrons. The second-order valence-corrected chi connectivity index (χ2v) is 0.962. The maximum absolute atomic E-state index is 2.00. The molecule has 0 aromatic heterocycles. The molecule has 1 heteroatoms. The van der Waals surface area contributed by atoms with E-state index in [-0.39, 0.29) is 51.4 Å². The molecule has 0 bridgehead atoms. The number of hydrogen-bond acceptors (Lipinski definition) is 0. The molecule has 25 valence electrons. The van der Waals surface area contributed by atoms with E-state index in [0.29, 0.717) is 0 Å². The summed E-state index contributed by atoms with van der Waals surface area (Å²) in [5.41, 5.74) is 0. The molecule has 1 aliphatic carbocycles. The summed E-state index contributed by atoms with van der Waals surface area (Å²) in [5.74, 6) is 0. The van der Waals surface area contributed by atoms with Gasteiger partial charge in [0, 0.05) is 0 Å². The second kappa shape index (κ2) is 4.79. The first-order valence-corrected chi connectivity index (χ1v) is 1.67. The molecule has 0 heterocycles. The molecule has 0 atom stereocenters. The Hall–Kier alpha value is 1.64. The molecule has 6 heavy (non-hydrogen) atoms. The summed E-state index contributed by atoms with van der Waals surface area (Å²) in [7, 11) is 0. The third-order valence-corrected chi connectivity index (χ3v) is 0.556. The summed E-state index contributed by atoms with van der Waals surface area (Å²) >= 11 is 0. The molecule has 0 aliphatic heterocycles. The van der Waals surface area contributed by atoms with Gasteiger partial charge >= 0.3 is 51.4 Å². The van der Waals surface area contributed by atoms with Crippen LogP contribution < -0.4 is 51.4 Å². The average Bonchev–Trinajstić information content (AvgIpc) is 1.76. The zero-order valence-electron chi connectivity index (χ0n) is 3.89. The summed E-state index contributed by atoms with van der Waals surface area (Å²) < 4.78 is 0. The van der Waals surface area contributed by atoms with Crippen molar-refractivity contribution in [3.05, 3.63) is 32.1 Å². The van der Waals surface area contributed by atoms with Crippen LogP contribution in [0.1, 0.15) is 0 Å². The van der Waals surface area contributed by atoms with E-state index < -0.39 is 0 Å². The van der Waals surface area contributed by atoms with Gasteiger partial charge in [0.05, 0.1) is 0 Å². The molecule has 0 amide bonds. The fourth-order valence-electron chi connectivity index (χ4n) is 0.321. The molecule has 0 aromatic rings. The molecule has 1 fully saturated rings. The van der Waals surface area contributed by atoms with Gasteiger partial charge in [-0.25, -0.2) is 0 Å². The fourth-order valence-corrected chi connectivity index (χ4v) is 0.321. The van der Waals surface area contributed by atoms with Gasteiger partial charge in [0.1, 0.15) is 0 Å². The van der Waals surface area contributed by atoms with E-state index in [4.69, 9.17) is 0 Å². The van der Waals surface area contributed by atoms with Gasteiger partial charge in [-0.3, -0.25) is 0 Å². The average molecular weight is 104 g/mol. The first-order valence-electron chi connectivity index (χ1n) is 1.67. The van der Waals surface area contributed by atoms with Crippen LogP contribution in [0.25, 0.3) is 0 Å². The third-order valence-electron chi connectivity index (χ3n) is 0.556. The Balaban J connectivity index is 0.000000250. The predicted molar refractivity (Wildman–Crippen MR) is 21.5 cm³/mol. The smallest absolute Gasteiger partial charge is 0.0312 e.